The molecule has 0 aliphatic rings. The van der Waals surface area contributed by atoms with Crippen molar-refractivity contribution in [2.24, 2.45) is 0 Å². The third-order valence-corrected chi connectivity index (χ3v) is 4.60. The maximum atomic E-state index is 13.1. The molecule has 0 fully saturated rings. The predicted octanol–water partition coefficient (Wildman–Crippen LogP) is 4.07. The number of nitrogens with zero attached hydrogens (tertiary/aromatic N) is 1. The highest BCUT2D eigenvalue weighted by atomic mass is 79.9. The van der Waals surface area contributed by atoms with E-state index >= 15 is 0 Å². The van der Waals surface area contributed by atoms with Crippen LogP contribution >= 0.6 is 15.9 Å². The Morgan fingerprint density at radius 3 is 2.33 bits per heavy atom. The first-order valence-corrected chi connectivity index (χ1v) is 9.64. The van der Waals surface area contributed by atoms with Gasteiger partial charge in [-0.2, -0.15) is 0 Å². The van der Waals surface area contributed by atoms with E-state index in [1.165, 1.54) is 12.1 Å². The molecule has 144 valence electrons. The predicted molar refractivity (Wildman–Crippen MR) is 108 cm³/mol. The van der Waals surface area contributed by atoms with Crippen molar-refractivity contribution in [1.29, 1.82) is 0 Å². The van der Waals surface area contributed by atoms with Gasteiger partial charge in [0, 0.05) is 17.1 Å². The van der Waals surface area contributed by atoms with Crippen LogP contribution in [0.25, 0.3) is 0 Å². The Hall–Kier alpha value is -2.21. The fourth-order valence-corrected chi connectivity index (χ4v) is 3.14. The summed E-state index contributed by atoms with van der Waals surface area (Å²) in [5.74, 6) is -0.734. The van der Waals surface area contributed by atoms with Crippen LogP contribution in [0.5, 0.6) is 0 Å². The van der Waals surface area contributed by atoms with E-state index in [1.807, 2.05) is 38.1 Å². The fourth-order valence-electron chi connectivity index (χ4n) is 2.70. The van der Waals surface area contributed by atoms with Crippen LogP contribution in [0.4, 0.5) is 4.39 Å². The maximum Gasteiger partial charge on any atom is 0.242 e. The minimum absolute atomic E-state index is 0.0140. The van der Waals surface area contributed by atoms with Crippen molar-refractivity contribution in [1.82, 2.24) is 10.2 Å². The number of rotatable bonds is 7. The summed E-state index contributed by atoms with van der Waals surface area (Å²) in [6.07, 6.45) is 0.105. The van der Waals surface area contributed by atoms with Crippen molar-refractivity contribution in [3.05, 3.63) is 69.9 Å². The molecular weight excluding hydrogens is 411 g/mol. The van der Waals surface area contributed by atoms with Gasteiger partial charge in [-0.15, -0.1) is 0 Å². The van der Waals surface area contributed by atoms with E-state index in [4.69, 9.17) is 0 Å². The lowest BCUT2D eigenvalue weighted by Gasteiger charge is -2.29. The molecule has 2 aromatic carbocycles. The topological polar surface area (TPSA) is 49.4 Å². The van der Waals surface area contributed by atoms with E-state index in [-0.39, 0.29) is 30.1 Å². The first-order valence-electron chi connectivity index (χ1n) is 8.85. The van der Waals surface area contributed by atoms with Gasteiger partial charge in [-0.3, -0.25) is 9.59 Å². The Labute approximate surface area is 167 Å². The van der Waals surface area contributed by atoms with Crippen LogP contribution in [0.2, 0.25) is 0 Å². The summed E-state index contributed by atoms with van der Waals surface area (Å²) < 4.78 is 14.0. The molecule has 0 saturated heterocycles. The van der Waals surface area contributed by atoms with Crippen LogP contribution < -0.4 is 5.32 Å². The summed E-state index contributed by atoms with van der Waals surface area (Å²) in [6, 6.07) is 12.8. The molecule has 1 atom stereocenters. The summed E-state index contributed by atoms with van der Waals surface area (Å²) in [5.41, 5.74) is 1.62. The highest BCUT2D eigenvalue weighted by Gasteiger charge is 2.26. The molecule has 2 amide bonds. The van der Waals surface area contributed by atoms with Gasteiger partial charge in [0.15, 0.2) is 0 Å². The van der Waals surface area contributed by atoms with Gasteiger partial charge >= 0.3 is 0 Å². The zero-order chi connectivity index (χ0) is 20.0. The molecule has 0 aliphatic heterocycles. The Morgan fingerprint density at radius 2 is 1.74 bits per heavy atom. The molecule has 0 aromatic heterocycles. The zero-order valence-electron chi connectivity index (χ0n) is 15.7. The lowest BCUT2D eigenvalue weighted by atomic mass is 10.1. The fraction of sp³-hybridized carbons (Fsp3) is 0.333. The number of hydrogen-bond acceptors (Lipinski definition) is 2. The molecule has 0 heterocycles. The van der Waals surface area contributed by atoms with Crippen molar-refractivity contribution >= 4 is 27.7 Å². The van der Waals surface area contributed by atoms with Crippen molar-refractivity contribution < 1.29 is 14.0 Å². The van der Waals surface area contributed by atoms with Crippen molar-refractivity contribution in [2.45, 2.75) is 45.8 Å². The smallest absolute Gasteiger partial charge is 0.242 e. The second-order valence-corrected chi connectivity index (χ2v) is 7.71. The highest BCUT2D eigenvalue weighted by Crippen LogP contribution is 2.16. The lowest BCUT2D eigenvalue weighted by molar-refractivity contribution is -0.140. The molecule has 4 nitrogen and oxygen atoms in total. The average molecular weight is 435 g/mol. The molecule has 0 radical (unpaired) electrons. The summed E-state index contributed by atoms with van der Waals surface area (Å²) >= 11 is 3.43. The Bertz CT molecular complexity index is 793. The van der Waals surface area contributed by atoms with Crippen molar-refractivity contribution in [3.63, 3.8) is 0 Å². The first-order chi connectivity index (χ1) is 12.8. The van der Waals surface area contributed by atoms with E-state index in [0.29, 0.717) is 12.1 Å². The van der Waals surface area contributed by atoms with E-state index in [0.717, 1.165) is 10.0 Å². The Kier molecular flexibility index (Phi) is 7.54. The highest BCUT2D eigenvalue weighted by molar-refractivity contribution is 9.10. The van der Waals surface area contributed by atoms with Gasteiger partial charge < -0.3 is 10.2 Å². The molecule has 0 aliphatic carbocycles. The molecule has 2 rings (SSSR count). The third-order valence-electron chi connectivity index (χ3n) is 4.11. The second-order valence-electron chi connectivity index (χ2n) is 6.79. The Morgan fingerprint density at radius 1 is 1.07 bits per heavy atom. The van der Waals surface area contributed by atoms with Crippen LogP contribution in [0, 0.1) is 5.82 Å². The lowest BCUT2D eigenvalue weighted by Crippen LogP contribution is -2.49. The van der Waals surface area contributed by atoms with Crippen LogP contribution in [0.3, 0.4) is 0 Å². The largest absolute Gasteiger partial charge is 0.352 e. The van der Waals surface area contributed by atoms with Gasteiger partial charge in [0.05, 0.1) is 6.42 Å². The van der Waals surface area contributed by atoms with E-state index in [9.17, 15) is 14.0 Å². The van der Waals surface area contributed by atoms with E-state index < -0.39 is 6.04 Å². The van der Waals surface area contributed by atoms with Gasteiger partial charge in [-0.05, 0) is 56.2 Å². The zero-order valence-corrected chi connectivity index (χ0v) is 17.3. The van der Waals surface area contributed by atoms with E-state index in [2.05, 4.69) is 21.2 Å². The minimum Gasteiger partial charge on any atom is -0.352 e. The number of carbonyl (C=O) groups excluding carboxylic acids is 2. The minimum atomic E-state index is -0.626. The molecule has 0 bridgehead atoms. The van der Waals surface area contributed by atoms with Crippen LogP contribution in [-0.4, -0.2) is 28.8 Å². The van der Waals surface area contributed by atoms with Crippen LogP contribution in [0.1, 0.15) is 31.9 Å². The molecule has 2 aromatic rings. The number of benzene rings is 2. The summed E-state index contributed by atoms with van der Waals surface area (Å²) in [7, 11) is 0. The normalized spacial score (nSPS) is 11.9. The summed E-state index contributed by atoms with van der Waals surface area (Å²) in [4.78, 5) is 27.0. The van der Waals surface area contributed by atoms with Crippen LogP contribution in [-0.2, 0) is 22.6 Å². The SMILES string of the molecule is CC(C)NC(=O)[C@H](C)N(Cc1cccc(Br)c1)C(=O)Cc1ccc(F)cc1. The quantitative estimate of drug-likeness (QED) is 0.713. The van der Waals surface area contributed by atoms with Gasteiger partial charge in [0.2, 0.25) is 11.8 Å². The third kappa shape index (κ3) is 6.47. The van der Waals surface area contributed by atoms with Gasteiger partial charge in [-0.1, -0.05) is 40.2 Å². The second kappa shape index (κ2) is 9.65. The Balaban J connectivity index is 2.22. The number of halogens is 2. The molecule has 6 heteroatoms. The monoisotopic (exact) mass is 434 g/mol. The van der Waals surface area contributed by atoms with E-state index in [1.54, 1.807) is 24.0 Å². The van der Waals surface area contributed by atoms with Gasteiger partial charge in [0.1, 0.15) is 11.9 Å². The first kappa shape index (κ1) is 21.1. The molecule has 0 saturated carbocycles. The molecule has 1 N–H and O–H groups in total. The summed E-state index contributed by atoms with van der Waals surface area (Å²) in [5, 5.41) is 2.85. The van der Waals surface area contributed by atoms with Crippen molar-refractivity contribution in [2.75, 3.05) is 0 Å². The van der Waals surface area contributed by atoms with Gasteiger partial charge in [0.25, 0.3) is 0 Å². The van der Waals surface area contributed by atoms with Gasteiger partial charge in [-0.25, -0.2) is 4.39 Å². The molecule has 0 unspecified atom stereocenters. The number of nitrogens with one attached hydrogen (secondary N) is 1. The maximum absolute atomic E-state index is 13.1. The molecule has 27 heavy (non-hydrogen) atoms. The number of amides is 2. The van der Waals surface area contributed by atoms with Crippen molar-refractivity contribution in [3.8, 4) is 0 Å². The number of carbonyl (C=O) groups is 2. The standard InChI is InChI=1S/C21H24BrFN2O2/c1-14(2)24-21(27)15(3)25(13-17-5-4-6-18(22)11-17)20(26)12-16-7-9-19(23)10-8-16/h4-11,14-15H,12-13H2,1-3H3,(H,24,27)/t15-/m0/s1. The summed E-state index contributed by atoms with van der Waals surface area (Å²) in [6.45, 7) is 5.79. The molecular formula is C21H24BrFN2O2. The number of hydrogen-bond donors (Lipinski definition) is 1. The average Bonchev–Trinajstić information content (AvgIpc) is 2.60. The molecule has 0 spiro atoms. The van der Waals surface area contributed by atoms with Crippen LogP contribution in [0.15, 0.2) is 53.0 Å².